The Morgan fingerprint density at radius 1 is 1.33 bits per heavy atom. The van der Waals surface area contributed by atoms with Crippen molar-refractivity contribution < 1.29 is 12.8 Å². The molecule has 1 aromatic rings. The molecule has 0 spiro atoms. The van der Waals surface area contributed by atoms with Crippen LogP contribution in [-0.4, -0.2) is 33.0 Å². The van der Waals surface area contributed by atoms with E-state index in [1.807, 2.05) is 4.90 Å². The van der Waals surface area contributed by atoms with Gasteiger partial charge in [-0.3, -0.25) is 0 Å². The number of hydrogen-bond acceptors (Lipinski definition) is 4. The van der Waals surface area contributed by atoms with Crippen LogP contribution >= 0.6 is 0 Å². The van der Waals surface area contributed by atoms with Crippen LogP contribution in [0.2, 0.25) is 0 Å². The maximum atomic E-state index is 13.2. The largest absolute Gasteiger partial charge is 0.369 e. The van der Waals surface area contributed by atoms with E-state index in [2.05, 4.69) is 0 Å². The standard InChI is InChI=1S/C12H17FN2O2S/c1-9(14)11-8-10(13)2-3-12(11)15-4-6-18(16,17)7-5-15/h2-3,8-9H,4-7,14H2,1H3/t9-/m0/s1. The van der Waals surface area contributed by atoms with Crippen LogP contribution in [0.4, 0.5) is 10.1 Å². The smallest absolute Gasteiger partial charge is 0.153 e. The van der Waals surface area contributed by atoms with Crippen molar-refractivity contribution in [2.45, 2.75) is 13.0 Å². The first kappa shape index (κ1) is 13.3. The highest BCUT2D eigenvalue weighted by Crippen LogP contribution is 2.27. The molecule has 0 radical (unpaired) electrons. The van der Waals surface area contributed by atoms with Crippen molar-refractivity contribution in [3.05, 3.63) is 29.6 Å². The Labute approximate surface area is 107 Å². The third-order valence-electron chi connectivity index (χ3n) is 3.17. The van der Waals surface area contributed by atoms with Gasteiger partial charge < -0.3 is 10.6 Å². The van der Waals surface area contributed by atoms with E-state index in [1.165, 1.54) is 12.1 Å². The Morgan fingerprint density at radius 3 is 2.50 bits per heavy atom. The van der Waals surface area contributed by atoms with Crippen molar-refractivity contribution in [3.63, 3.8) is 0 Å². The van der Waals surface area contributed by atoms with E-state index in [9.17, 15) is 12.8 Å². The lowest BCUT2D eigenvalue weighted by atomic mass is 10.1. The quantitative estimate of drug-likeness (QED) is 0.875. The molecule has 1 atom stereocenters. The second-order valence-corrected chi connectivity index (χ2v) is 6.93. The molecule has 0 amide bonds. The second-order valence-electron chi connectivity index (χ2n) is 4.63. The molecular weight excluding hydrogens is 255 g/mol. The van der Waals surface area contributed by atoms with E-state index in [0.29, 0.717) is 18.7 Å². The number of rotatable bonds is 2. The van der Waals surface area contributed by atoms with E-state index in [1.54, 1.807) is 13.0 Å². The summed E-state index contributed by atoms with van der Waals surface area (Å²) in [4.78, 5) is 1.96. The topological polar surface area (TPSA) is 63.4 Å². The third kappa shape index (κ3) is 2.81. The van der Waals surface area contributed by atoms with Gasteiger partial charge in [0.15, 0.2) is 9.84 Å². The zero-order chi connectivity index (χ0) is 13.3. The van der Waals surface area contributed by atoms with Gasteiger partial charge in [0, 0.05) is 24.8 Å². The Hall–Kier alpha value is -1.14. The van der Waals surface area contributed by atoms with Gasteiger partial charge in [-0.1, -0.05) is 0 Å². The monoisotopic (exact) mass is 272 g/mol. The van der Waals surface area contributed by atoms with Crippen molar-refractivity contribution in [2.75, 3.05) is 29.5 Å². The van der Waals surface area contributed by atoms with Gasteiger partial charge in [0.05, 0.1) is 11.5 Å². The first-order valence-electron chi connectivity index (χ1n) is 5.89. The van der Waals surface area contributed by atoms with Crippen molar-refractivity contribution in [3.8, 4) is 0 Å². The van der Waals surface area contributed by atoms with Crippen LogP contribution in [0.1, 0.15) is 18.5 Å². The highest BCUT2D eigenvalue weighted by atomic mass is 32.2. The summed E-state index contributed by atoms with van der Waals surface area (Å²) < 4.78 is 36.0. The average molecular weight is 272 g/mol. The summed E-state index contributed by atoms with van der Waals surface area (Å²) in [5.74, 6) is -0.0402. The zero-order valence-corrected chi connectivity index (χ0v) is 11.1. The Kier molecular flexibility index (Phi) is 3.59. The minimum atomic E-state index is -2.91. The number of nitrogens with two attached hydrogens (primary N) is 1. The van der Waals surface area contributed by atoms with E-state index in [-0.39, 0.29) is 23.4 Å². The molecule has 2 rings (SSSR count). The maximum Gasteiger partial charge on any atom is 0.153 e. The summed E-state index contributed by atoms with van der Waals surface area (Å²) in [7, 11) is -2.91. The molecule has 0 saturated carbocycles. The molecule has 1 aromatic carbocycles. The number of anilines is 1. The van der Waals surface area contributed by atoms with E-state index < -0.39 is 9.84 Å². The summed E-state index contributed by atoms with van der Waals surface area (Å²) in [5.41, 5.74) is 7.38. The number of hydrogen-bond donors (Lipinski definition) is 1. The fraction of sp³-hybridized carbons (Fsp3) is 0.500. The van der Waals surface area contributed by atoms with Crippen molar-refractivity contribution in [1.29, 1.82) is 0 Å². The molecule has 0 aromatic heterocycles. The summed E-state index contributed by atoms with van der Waals surface area (Å²) in [5, 5.41) is 0. The molecule has 4 nitrogen and oxygen atoms in total. The van der Waals surface area contributed by atoms with Crippen molar-refractivity contribution in [2.24, 2.45) is 5.73 Å². The van der Waals surface area contributed by atoms with Gasteiger partial charge in [0.1, 0.15) is 5.82 Å². The molecule has 1 saturated heterocycles. The predicted octanol–water partition coefficient (Wildman–Crippen LogP) is 1.08. The highest BCUT2D eigenvalue weighted by molar-refractivity contribution is 7.91. The van der Waals surface area contributed by atoms with Crippen LogP contribution in [0.25, 0.3) is 0 Å². The summed E-state index contributed by atoms with van der Waals surface area (Å²) in [6.45, 7) is 2.67. The normalized spacial score (nSPS) is 20.7. The van der Waals surface area contributed by atoms with Crippen LogP contribution in [0.3, 0.4) is 0 Å². The van der Waals surface area contributed by atoms with Crippen molar-refractivity contribution >= 4 is 15.5 Å². The van der Waals surface area contributed by atoms with Crippen LogP contribution in [0, 0.1) is 5.82 Å². The fourth-order valence-corrected chi connectivity index (χ4v) is 3.33. The predicted molar refractivity (Wildman–Crippen MR) is 69.9 cm³/mol. The van der Waals surface area contributed by atoms with Gasteiger partial charge in [-0.05, 0) is 30.7 Å². The van der Waals surface area contributed by atoms with Gasteiger partial charge in [-0.2, -0.15) is 0 Å². The fourth-order valence-electron chi connectivity index (χ4n) is 2.13. The minimum absolute atomic E-state index is 0.142. The summed E-state index contributed by atoms with van der Waals surface area (Å²) in [6.07, 6.45) is 0. The van der Waals surface area contributed by atoms with E-state index in [0.717, 1.165) is 5.69 Å². The lowest BCUT2D eigenvalue weighted by Crippen LogP contribution is -2.41. The van der Waals surface area contributed by atoms with Crippen LogP contribution in [0.15, 0.2) is 18.2 Å². The summed E-state index contributed by atoms with van der Waals surface area (Å²) >= 11 is 0. The van der Waals surface area contributed by atoms with Gasteiger partial charge in [0.2, 0.25) is 0 Å². The maximum absolute atomic E-state index is 13.2. The highest BCUT2D eigenvalue weighted by Gasteiger charge is 2.23. The molecule has 2 N–H and O–H groups in total. The zero-order valence-electron chi connectivity index (χ0n) is 10.3. The molecule has 1 heterocycles. The Balaban J connectivity index is 2.29. The molecule has 1 fully saturated rings. The first-order valence-corrected chi connectivity index (χ1v) is 7.71. The lowest BCUT2D eigenvalue weighted by Gasteiger charge is -2.31. The van der Waals surface area contributed by atoms with Gasteiger partial charge >= 0.3 is 0 Å². The molecular formula is C12H17FN2O2S. The second kappa shape index (κ2) is 4.85. The van der Waals surface area contributed by atoms with E-state index >= 15 is 0 Å². The van der Waals surface area contributed by atoms with Gasteiger partial charge in [-0.15, -0.1) is 0 Å². The Bertz CT molecular complexity index is 529. The molecule has 100 valence electrons. The molecule has 0 unspecified atom stereocenters. The molecule has 6 heteroatoms. The molecule has 0 aliphatic carbocycles. The minimum Gasteiger partial charge on any atom is -0.369 e. The molecule has 1 aliphatic rings. The van der Waals surface area contributed by atoms with E-state index in [4.69, 9.17) is 5.73 Å². The summed E-state index contributed by atoms with van der Waals surface area (Å²) in [6, 6.07) is 4.19. The van der Waals surface area contributed by atoms with Gasteiger partial charge in [0.25, 0.3) is 0 Å². The van der Waals surface area contributed by atoms with Crippen molar-refractivity contribution in [1.82, 2.24) is 0 Å². The van der Waals surface area contributed by atoms with Gasteiger partial charge in [-0.25, -0.2) is 12.8 Å². The molecule has 18 heavy (non-hydrogen) atoms. The lowest BCUT2D eigenvalue weighted by molar-refractivity contribution is 0.586. The third-order valence-corrected chi connectivity index (χ3v) is 4.77. The van der Waals surface area contributed by atoms with Crippen LogP contribution < -0.4 is 10.6 Å². The number of benzene rings is 1. The SMILES string of the molecule is C[C@H](N)c1cc(F)ccc1N1CCS(=O)(=O)CC1. The first-order chi connectivity index (χ1) is 8.39. The molecule has 1 aliphatic heterocycles. The number of halogens is 1. The molecule has 0 bridgehead atoms. The average Bonchev–Trinajstić information content (AvgIpc) is 2.29. The van der Waals surface area contributed by atoms with Crippen LogP contribution in [-0.2, 0) is 9.84 Å². The Morgan fingerprint density at radius 2 is 1.94 bits per heavy atom. The number of sulfone groups is 1. The number of nitrogens with zero attached hydrogens (tertiary/aromatic N) is 1. The van der Waals surface area contributed by atoms with Crippen LogP contribution in [0.5, 0.6) is 0 Å².